The number of ether oxygens (including phenoxy) is 1. The van der Waals surface area contributed by atoms with Gasteiger partial charge in [0.15, 0.2) is 23.0 Å². The smallest absolute Gasteiger partial charge is 0.277 e. The van der Waals surface area contributed by atoms with Gasteiger partial charge >= 0.3 is 0 Å². The fraction of sp³-hybridized carbons (Fsp3) is 0.259. The minimum Gasteiger partial charge on any atom is -0.502 e. The number of carbonyl (C=O) groups is 1. The molecule has 0 aromatic carbocycles. The van der Waals surface area contributed by atoms with Crippen LogP contribution in [0.4, 0.5) is 4.39 Å². The summed E-state index contributed by atoms with van der Waals surface area (Å²) < 4.78 is 22.4. The minimum atomic E-state index is -0.700. The van der Waals surface area contributed by atoms with E-state index in [0.717, 1.165) is 6.08 Å². The Bertz CT molecular complexity index is 1220. The maximum Gasteiger partial charge on any atom is 0.277 e. The van der Waals surface area contributed by atoms with Crippen LogP contribution in [0.25, 0.3) is 0 Å². The summed E-state index contributed by atoms with van der Waals surface area (Å²) in [4.78, 5) is 27.1. The van der Waals surface area contributed by atoms with Crippen molar-refractivity contribution in [3.05, 3.63) is 113 Å². The summed E-state index contributed by atoms with van der Waals surface area (Å²) in [6.07, 6.45) is 15.5. The van der Waals surface area contributed by atoms with E-state index in [1.165, 1.54) is 16.9 Å². The van der Waals surface area contributed by atoms with Crippen molar-refractivity contribution < 1.29 is 19.0 Å². The Hall–Kier alpha value is -4.07. The van der Waals surface area contributed by atoms with E-state index in [-0.39, 0.29) is 24.7 Å². The fourth-order valence-corrected chi connectivity index (χ4v) is 4.10. The summed E-state index contributed by atoms with van der Waals surface area (Å²) in [5.41, 5.74) is 0.325. The second kappa shape index (κ2) is 11.4. The SMILES string of the molecule is C=C/C(F)=C1/OC/C=C/CCN2CN(C(/C(C=C)=C/C=C\C)/C1=C/C)n1ccc(=O)c(O)c1C2=O. The van der Waals surface area contributed by atoms with Crippen LogP contribution in [0.5, 0.6) is 5.75 Å². The zero-order valence-electron chi connectivity index (χ0n) is 20.0. The first kappa shape index (κ1) is 25.6. The number of pyridine rings is 1. The van der Waals surface area contributed by atoms with Gasteiger partial charge in [0.2, 0.25) is 5.43 Å². The van der Waals surface area contributed by atoms with E-state index in [0.29, 0.717) is 24.1 Å². The van der Waals surface area contributed by atoms with Gasteiger partial charge in [0.25, 0.3) is 5.91 Å². The molecule has 1 atom stereocenters. The van der Waals surface area contributed by atoms with Gasteiger partial charge in [0, 0.05) is 24.4 Å². The Morgan fingerprint density at radius 2 is 2.00 bits per heavy atom. The molecule has 2 aliphatic heterocycles. The van der Waals surface area contributed by atoms with E-state index in [4.69, 9.17) is 4.74 Å². The third-order valence-corrected chi connectivity index (χ3v) is 5.79. The first-order valence-corrected chi connectivity index (χ1v) is 11.3. The van der Waals surface area contributed by atoms with Crippen LogP contribution in [0.3, 0.4) is 0 Å². The molecule has 0 fully saturated rings. The van der Waals surface area contributed by atoms with Gasteiger partial charge in [-0.1, -0.05) is 55.7 Å². The molecule has 0 spiro atoms. The third kappa shape index (κ3) is 5.06. The molecule has 2 bridgehead atoms. The maximum atomic E-state index is 15.1. The predicted octanol–water partition coefficient (Wildman–Crippen LogP) is 4.25. The van der Waals surface area contributed by atoms with Crippen molar-refractivity contribution in [1.29, 1.82) is 0 Å². The quantitative estimate of drug-likeness (QED) is 0.516. The van der Waals surface area contributed by atoms with Crippen molar-refractivity contribution in [3.63, 3.8) is 0 Å². The van der Waals surface area contributed by atoms with Gasteiger partial charge in [-0.2, -0.15) is 0 Å². The molecule has 1 aromatic rings. The lowest BCUT2D eigenvalue weighted by Crippen LogP contribution is -2.59. The number of hydrogen-bond acceptors (Lipinski definition) is 5. The van der Waals surface area contributed by atoms with E-state index in [1.807, 2.05) is 31.2 Å². The molecule has 8 heteroatoms. The second-order valence-corrected chi connectivity index (χ2v) is 7.87. The molecule has 0 aliphatic carbocycles. The van der Waals surface area contributed by atoms with Crippen LogP contribution < -0.4 is 10.4 Å². The highest BCUT2D eigenvalue weighted by molar-refractivity contribution is 5.96. The van der Waals surface area contributed by atoms with E-state index < -0.39 is 29.0 Å². The molecular formula is C27H30FN3O4. The van der Waals surface area contributed by atoms with Gasteiger partial charge in [-0.15, -0.1) is 0 Å². The van der Waals surface area contributed by atoms with E-state index in [9.17, 15) is 14.7 Å². The number of aromatic hydroxyl groups is 1. The summed E-state index contributed by atoms with van der Waals surface area (Å²) in [6.45, 7) is 11.7. The summed E-state index contributed by atoms with van der Waals surface area (Å²) in [6, 6.07) is 0.488. The number of hydrogen-bond donors (Lipinski definition) is 1. The van der Waals surface area contributed by atoms with Gasteiger partial charge in [-0.05, 0) is 31.9 Å². The fourth-order valence-electron chi connectivity index (χ4n) is 4.10. The molecule has 184 valence electrons. The van der Waals surface area contributed by atoms with Crippen LogP contribution in [0.15, 0.2) is 102 Å². The number of amides is 1. The van der Waals surface area contributed by atoms with E-state index >= 15 is 4.39 Å². The average Bonchev–Trinajstić information content (AvgIpc) is 2.86. The molecule has 1 amide bonds. The lowest BCUT2D eigenvalue weighted by molar-refractivity contribution is 0.0685. The van der Waals surface area contributed by atoms with Crippen LogP contribution >= 0.6 is 0 Å². The van der Waals surface area contributed by atoms with Crippen molar-refractivity contribution in [2.75, 3.05) is 24.8 Å². The molecule has 1 aromatic heterocycles. The number of aromatic nitrogens is 1. The standard InChI is InChI=1S/C27H30FN3O4/c1-5-9-13-19(6-2)23-20(7-3)26(21(28)8-4)35-17-12-10-11-15-29-18-31(23)30-16-14-22(32)25(33)24(30)27(29)34/h5-10,12-14,16,23,33H,2,4,11,15,17-18H2,1,3H3/b9-5-,12-10+,19-13+,20-7-,26-21-. The molecule has 2 aliphatic rings. The summed E-state index contributed by atoms with van der Waals surface area (Å²) in [5.74, 6) is -1.75. The number of nitrogens with zero attached hydrogens (tertiary/aromatic N) is 3. The van der Waals surface area contributed by atoms with Crippen LogP contribution in [0.1, 0.15) is 30.8 Å². The second-order valence-electron chi connectivity index (χ2n) is 7.87. The molecule has 1 unspecified atom stereocenters. The van der Waals surface area contributed by atoms with Crippen LogP contribution in [0, 0.1) is 0 Å². The average molecular weight is 480 g/mol. The summed E-state index contributed by atoms with van der Waals surface area (Å²) in [5, 5.41) is 12.4. The molecule has 35 heavy (non-hydrogen) atoms. The van der Waals surface area contributed by atoms with Crippen molar-refractivity contribution in [3.8, 4) is 5.75 Å². The molecule has 0 saturated carbocycles. The zero-order chi connectivity index (χ0) is 25.5. The Kier molecular flexibility index (Phi) is 8.30. The van der Waals surface area contributed by atoms with Gasteiger partial charge in [0.05, 0.1) is 0 Å². The largest absolute Gasteiger partial charge is 0.502 e. The van der Waals surface area contributed by atoms with Crippen LogP contribution in [-0.2, 0) is 4.74 Å². The first-order valence-electron chi connectivity index (χ1n) is 11.3. The van der Waals surface area contributed by atoms with Gasteiger partial charge in [0.1, 0.15) is 19.3 Å². The van der Waals surface area contributed by atoms with Gasteiger partial charge < -0.3 is 14.7 Å². The van der Waals surface area contributed by atoms with E-state index in [1.54, 1.807) is 35.1 Å². The van der Waals surface area contributed by atoms with Crippen molar-refractivity contribution in [2.45, 2.75) is 26.3 Å². The van der Waals surface area contributed by atoms with E-state index in [2.05, 4.69) is 13.2 Å². The van der Waals surface area contributed by atoms with Crippen LogP contribution in [0.2, 0.25) is 0 Å². The lowest BCUT2D eigenvalue weighted by Gasteiger charge is -2.45. The Labute approximate surface area is 204 Å². The monoisotopic (exact) mass is 479 g/mol. The molecule has 1 N–H and O–H groups in total. The topological polar surface area (TPSA) is 75.0 Å². The number of carbonyl (C=O) groups excluding carboxylic acids is 1. The van der Waals surface area contributed by atoms with Crippen LogP contribution in [-0.4, -0.2) is 46.5 Å². The number of allylic oxidation sites excluding steroid dienone is 6. The van der Waals surface area contributed by atoms with Gasteiger partial charge in [-0.25, -0.2) is 4.39 Å². The maximum absolute atomic E-state index is 15.1. The highest BCUT2D eigenvalue weighted by Crippen LogP contribution is 2.32. The van der Waals surface area contributed by atoms with Gasteiger partial charge in [-0.3, -0.25) is 19.3 Å². The highest BCUT2D eigenvalue weighted by atomic mass is 19.1. The highest BCUT2D eigenvalue weighted by Gasteiger charge is 2.38. The molecule has 7 nitrogen and oxygen atoms in total. The first-order chi connectivity index (χ1) is 16.9. The van der Waals surface area contributed by atoms with Crippen molar-refractivity contribution >= 4 is 5.91 Å². The molecule has 0 radical (unpaired) electrons. The Morgan fingerprint density at radius 3 is 2.66 bits per heavy atom. The molecular weight excluding hydrogens is 449 g/mol. The minimum absolute atomic E-state index is 0.00113. The van der Waals surface area contributed by atoms with Crippen molar-refractivity contribution in [2.24, 2.45) is 0 Å². The van der Waals surface area contributed by atoms with Crippen molar-refractivity contribution in [1.82, 2.24) is 9.58 Å². The Balaban J connectivity index is 2.40. The zero-order valence-corrected chi connectivity index (χ0v) is 20.0. The number of fused-ring (bicyclic) bond motifs is 4. The molecule has 0 saturated heterocycles. The number of rotatable bonds is 4. The summed E-state index contributed by atoms with van der Waals surface area (Å²) in [7, 11) is 0. The molecule has 3 rings (SSSR count). The predicted molar refractivity (Wildman–Crippen MR) is 135 cm³/mol. The summed E-state index contributed by atoms with van der Waals surface area (Å²) >= 11 is 0. The normalized spacial score (nSPS) is 22.7. The lowest BCUT2D eigenvalue weighted by atomic mass is 9.94. The number of halogens is 1. The Morgan fingerprint density at radius 1 is 1.23 bits per heavy atom. The molecule has 3 heterocycles. The third-order valence-electron chi connectivity index (χ3n) is 5.79.